The Hall–Kier alpha value is -3.23. The summed E-state index contributed by atoms with van der Waals surface area (Å²) in [6.07, 6.45) is 0.477. The maximum atomic E-state index is 13.7. The molecule has 41 heavy (non-hydrogen) atoms. The lowest BCUT2D eigenvalue weighted by Gasteiger charge is -2.27. The van der Waals surface area contributed by atoms with E-state index in [9.17, 15) is 23.3 Å². The summed E-state index contributed by atoms with van der Waals surface area (Å²) in [6.45, 7) is 1.94. The number of nitro benzene ring substituents is 1. The van der Waals surface area contributed by atoms with Gasteiger partial charge < -0.3 is 19.1 Å². The van der Waals surface area contributed by atoms with E-state index < -0.39 is 33.1 Å². The van der Waals surface area contributed by atoms with E-state index in [2.05, 4.69) is 0 Å². The SMILES string of the molecule is COCCN(CC(=O)N(CCc1ccc(OC)c(OC)c1)Cc1ccc(C)s1)S(=O)(=O)c1ccc(Cl)c([N+](=O)[O-])c1. The van der Waals surface area contributed by atoms with Crippen molar-refractivity contribution in [2.45, 2.75) is 24.8 Å². The molecule has 0 aliphatic heterocycles. The summed E-state index contributed by atoms with van der Waals surface area (Å²) < 4.78 is 43.9. The van der Waals surface area contributed by atoms with Gasteiger partial charge in [-0.2, -0.15) is 4.31 Å². The van der Waals surface area contributed by atoms with Crippen molar-refractivity contribution in [1.82, 2.24) is 9.21 Å². The molecule has 0 bridgehead atoms. The van der Waals surface area contributed by atoms with Gasteiger partial charge in [0.1, 0.15) is 5.02 Å². The zero-order valence-corrected chi connectivity index (χ0v) is 25.6. The molecule has 11 nitrogen and oxygen atoms in total. The fraction of sp³-hybridized carbons (Fsp3) is 0.370. The number of carbonyl (C=O) groups is 1. The number of sulfonamides is 1. The van der Waals surface area contributed by atoms with E-state index in [1.54, 1.807) is 36.5 Å². The van der Waals surface area contributed by atoms with Crippen LogP contribution in [0.5, 0.6) is 11.5 Å². The number of methoxy groups -OCH3 is 3. The van der Waals surface area contributed by atoms with Gasteiger partial charge in [-0.3, -0.25) is 14.9 Å². The van der Waals surface area contributed by atoms with Crippen LogP contribution in [0.4, 0.5) is 5.69 Å². The number of nitrogens with zero attached hydrogens (tertiary/aromatic N) is 3. The molecule has 0 aliphatic rings. The van der Waals surface area contributed by atoms with E-state index >= 15 is 0 Å². The van der Waals surface area contributed by atoms with Crippen molar-refractivity contribution >= 4 is 44.6 Å². The third-order valence-electron chi connectivity index (χ3n) is 6.22. The number of hydrogen-bond acceptors (Lipinski definition) is 9. The van der Waals surface area contributed by atoms with Gasteiger partial charge in [0.15, 0.2) is 11.5 Å². The molecule has 0 spiro atoms. The molecule has 222 valence electrons. The largest absolute Gasteiger partial charge is 0.493 e. The van der Waals surface area contributed by atoms with Gasteiger partial charge in [0.05, 0.1) is 43.7 Å². The van der Waals surface area contributed by atoms with Gasteiger partial charge in [-0.05, 0) is 55.3 Å². The van der Waals surface area contributed by atoms with Crippen LogP contribution < -0.4 is 9.47 Å². The fourth-order valence-electron chi connectivity index (χ4n) is 4.02. The van der Waals surface area contributed by atoms with Crippen LogP contribution in [0.2, 0.25) is 5.02 Å². The topological polar surface area (TPSA) is 129 Å². The Bertz CT molecular complexity index is 1480. The monoisotopic (exact) mass is 625 g/mol. The normalized spacial score (nSPS) is 11.5. The van der Waals surface area contributed by atoms with Gasteiger partial charge in [0.2, 0.25) is 15.9 Å². The summed E-state index contributed by atoms with van der Waals surface area (Å²) in [5.74, 6) is 0.713. The Kier molecular flexibility index (Phi) is 11.5. The first-order valence-corrected chi connectivity index (χ1v) is 15.1. The van der Waals surface area contributed by atoms with E-state index in [1.165, 1.54) is 13.2 Å². The number of halogens is 1. The average molecular weight is 626 g/mol. The van der Waals surface area contributed by atoms with Crippen LogP contribution in [-0.4, -0.2) is 76.0 Å². The molecule has 0 atom stereocenters. The number of nitro groups is 1. The molecule has 0 fully saturated rings. The second-order valence-corrected chi connectivity index (χ2v) is 12.7. The highest BCUT2D eigenvalue weighted by Crippen LogP contribution is 2.30. The average Bonchev–Trinajstić information content (AvgIpc) is 3.36. The van der Waals surface area contributed by atoms with Crippen molar-refractivity contribution in [3.05, 3.63) is 79.0 Å². The van der Waals surface area contributed by atoms with Crippen LogP contribution in [0.15, 0.2) is 53.4 Å². The van der Waals surface area contributed by atoms with Crippen molar-refractivity contribution in [3.8, 4) is 11.5 Å². The minimum absolute atomic E-state index is 0.0119. The van der Waals surface area contributed by atoms with Crippen molar-refractivity contribution in [1.29, 1.82) is 0 Å². The first-order valence-electron chi connectivity index (χ1n) is 12.5. The summed E-state index contributed by atoms with van der Waals surface area (Å²) in [4.78, 5) is 27.6. The zero-order chi connectivity index (χ0) is 30.2. The number of amides is 1. The number of rotatable bonds is 15. The lowest BCUT2D eigenvalue weighted by atomic mass is 10.1. The highest BCUT2D eigenvalue weighted by Gasteiger charge is 2.30. The lowest BCUT2D eigenvalue weighted by molar-refractivity contribution is -0.384. The second kappa shape index (κ2) is 14.6. The van der Waals surface area contributed by atoms with Gasteiger partial charge in [0, 0.05) is 36.0 Å². The maximum Gasteiger partial charge on any atom is 0.289 e. The van der Waals surface area contributed by atoms with E-state index in [1.807, 2.05) is 31.2 Å². The van der Waals surface area contributed by atoms with Crippen LogP contribution >= 0.6 is 22.9 Å². The quantitative estimate of drug-likeness (QED) is 0.178. The van der Waals surface area contributed by atoms with E-state index in [-0.39, 0.29) is 29.6 Å². The molecule has 2 aromatic carbocycles. The highest BCUT2D eigenvalue weighted by atomic mass is 35.5. The third-order valence-corrected chi connectivity index (χ3v) is 9.37. The van der Waals surface area contributed by atoms with E-state index in [0.29, 0.717) is 24.5 Å². The maximum absolute atomic E-state index is 13.7. The number of benzene rings is 2. The first-order chi connectivity index (χ1) is 19.5. The third kappa shape index (κ3) is 8.39. The predicted octanol–water partition coefficient (Wildman–Crippen LogP) is 4.54. The second-order valence-electron chi connectivity index (χ2n) is 8.97. The van der Waals surface area contributed by atoms with Crippen molar-refractivity contribution in [3.63, 3.8) is 0 Å². The van der Waals surface area contributed by atoms with Crippen LogP contribution in [0.1, 0.15) is 15.3 Å². The molecule has 0 unspecified atom stereocenters. The summed E-state index contributed by atoms with van der Waals surface area (Å²) >= 11 is 7.43. The van der Waals surface area contributed by atoms with Gasteiger partial charge >= 0.3 is 0 Å². The fourth-order valence-corrected chi connectivity index (χ4v) is 6.51. The van der Waals surface area contributed by atoms with Crippen LogP contribution in [0.25, 0.3) is 0 Å². The molecule has 1 heterocycles. The summed E-state index contributed by atoms with van der Waals surface area (Å²) in [7, 11) is 0.189. The predicted molar refractivity (Wildman–Crippen MR) is 156 cm³/mol. The molecule has 0 N–H and O–H groups in total. The Morgan fingerprint density at radius 1 is 1.02 bits per heavy atom. The lowest BCUT2D eigenvalue weighted by Crippen LogP contribution is -2.44. The number of carbonyl (C=O) groups excluding carboxylic acids is 1. The highest BCUT2D eigenvalue weighted by molar-refractivity contribution is 7.89. The van der Waals surface area contributed by atoms with Gasteiger partial charge in [-0.25, -0.2) is 8.42 Å². The Morgan fingerprint density at radius 2 is 1.76 bits per heavy atom. The Balaban J connectivity index is 1.89. The molecular weight excluding hydrogens is 594 g/mol. The van der Waals surface area contributed by atoms with E-state index in [0.717, 1.165) is 31.8 Å². The van der Waals surface area contributed by atoms with E-state index in [4.69, 9.17) is 25.8 Å². The Labute approximate surface area is 248 Å². The number of thiophene rings is 1. The van der Waals surface area contributed by atoms with Crippen molar-refractivity contribution in [2.75, 3.05) is 47.6 Å². The molecule has 3 aromatic rings. The van der Waals surface area contributed by atoms with Crippen molar-refractivity contribution < 1.29 is 32.3 Å². The van der Waals surface area contributed by atoms with Crippen LogP contribution in [0.3, 0.4) is 0 Å². The molecule has 0 saturated carbocycles. The van der Waals surface area contributed by atoms with Crippen molar-refractivity contribution in [2.24, 2.45) is 0 Å². The molecule has 0 radical (unpaired) electrons. The minimum Gasteiger partial charge on any atom is -0.493 e. The molecule has 1 amide bonds. The molecule has 0 aliphatic carbocycles. The van der Waals surface area contributed by atoms with Gasteiger partial charge in [-0.1, -0.05) is 17.7 Å². The first kappa shape index (κ1) is 32.3. The molecule has 0 saturated heterocycles. The molecule has 14 heteroatoms. The number of hydrogen-bond donors (Lipinski definition) is 0. The summed E-state index contributed by atoms with van der Waals surface area (Å²) in [5.41, 5.74) is 0.357. The molecule has 3 rings (SSSR count). The number of ether oxygens (including phenoxy) is 3. The minimum atomic E-state index is -4.31. The van der Waals surface area contributed by atoms with Gasteiger partial charge in [-0.15, -0.1) is 11.3 Å². The summed E-state index contributed by atoms with van der Waals surface area (Å²) in [6, 6.07) is 12.6. The molecule has 1 aromatic heterocycles. The zero-order valence-electron chi connectivity index (χ0n) is 23.2. The molecular formula is C27H32ClN3O8S2. The van der Waals surface area contributed by atoms with Crippen LogP contribution in [0, 0.1) is 17.0 Å². The number of aryl methyl sites for hydroxylation is 1. The summed E-state index contributed by atoms with van der Waals surface area (Å²) in [5, 5.41) is 11.2. The van der Waals surface area contributed by atoms with Gasteiger partial charge in [0.25, 0.3) is 5.69 Å². The Morgan fingerprint density at radius 3 is 2.37 bits per heavy atom. The smallest absolute Gasteiger partial charge is 0.289 e. The standard InChI is InChI=1S/C27H32ClN3O8S2/c1-19-5-7-21(40-19)17-29(12-11-20-6-10-25(38-3)26(15-20)39-4)27(32)18-30(13-14-37-2)41(35,36)22-8-9-23(28)24(16-22)31(33)34/h5-10,15-16H,11-14,17-18H2,1-4H3. The van der Waals surface area contributed by atoms with Crippen LogP contribution in [-0.2, 0) is 32.5 Å².